The summed E-state index contributed by atoms with van der Waals surface area (Å²) in [5, 5.41) is 5.83. The van der Waals surface area contributed by atoms with Crippen molar-refractivity contribution in [3.63, 3.8) is 0 Å². The monoisotopic (exact) mass is 424 g/mol. The first kappa shape index (κ1) is 24.1. The van der Waals surface area contributed by atoms with Crippen molar-refractivity contribution in [2.24, 2.45) is 5.92 Å². The summed E-state index contributed by atoms with van der Waals surface area (Å²) in [6.45, 7) is 5.96. The summed E-state index contributed by atoms with van der Waals surface area (Å²) in [6, 6.07) is 8.79. The SMILES string of the molecule is C=CC[C@@H]1NC(=O)CCCCOC(=O)C/C=C/[C@@H](C)[C@@H](/C=C/c2ccccc2)NC1=O. The number of esters is 1. The van der Waals surface area contributed by atoms with E-state index in [2.05, 4.69) is 17.2 Å². The van der Waals surface area contributed by atoms with Crippen LogP contribution >= 0.6 is 0 Å². The van der Waals surface area contributed by atoms with Crippen molar-refractivity contribution in [1.29, 1.82) is 0 Å². The van der Waals surface area contributed by atoms with Crippen molar-refractivity contribution in [2.45, 2.75) is 51.1 Å². The molecule has 0 saturated carbocycles. The smallest absolute Gasteiger partial charge is 0.309 e. The zero-order valence-electron chi connectivity index (χ0n) is 18.1. The van der Waals surface area contributed by atoms with E-state index in [1.807, 2.05) is 55.5 Å². The van der Waals surface area contributed by atoms with E-state index in [1.54, 1.807) is 12.2 Å². The van der Waals surface area contributed by atoms with Crippen LogP contribution in [0.25, 0.3) is 6.08 Å². The fraction of sp³-hybridized carbons (Fsp3) is 0.400. The molecule has 6 nitrogen and oxygen atoms in total. The predicted octanol–water partition coefficient (Wildman–Crippen LogP) is 3.56. The molecule has 1 aromatic carbocycles. The van der Waals surface area contributed by atoms with E-state index in [1.165, 1.54) is 0 Å². The number of hydrogen-bond acceptors (Lipinski definition) is 4. The Morgan fingerprint density at radius 3 is 2.65 bits per heavy atom. The summed E-state index contributed by atoms with van der Waals surface area (Å²) >= 11 is 0. The molecule has 2 N–H and O–H groups in total. The summed E-state index contributed by atoms with van der Waals surface area (Å²) in [4.78, 5) is 37.1. The van der Waals surface area contributed by atoms with Gasteiger partial charge in [-0.1, -0.05) is 67.6 Å². The van der Waals surface area contributed by atoms with E-state index >= 15 is 0 Å². The Hall–Kier alpha value is -3.15. The number of hydrogen-bond donors (Lipinski definition) is 2. The zero-order chi connectivity index (χ0) is 22.5. The van der Waals surface area contributed by atoms with Gasteiger partial charge in [-0.25, -0.2) is 0 Å². The molecule has 1 heterocycles. The van der Waals surface area contributed by atoms with Crippen LogP contribution in [0.3, 0.4) is 0 Å². The highest BCUT2D eigenvalue weighted by atomic mass is 16.5. The molecule has 1 aliphatic rings. The number of nitrogens with one attached hydrogen (secondary N) is 2. The minimum absolute atomic E-state index is 0.0790. The highest BCUT2D eigenvalue weighted by molar-refractivity contribution is 5.88. The fourth-order valence-electron chi connectivity index (χ4n) is 3.19. The lowest BCUT2D eigenvalue weighted by atomic mass is 9.98. The second-order valence-electron chi connectivity index (χ2n) is 7.62. The van der Waals surface area contributed by atoms with Gasteiger partial charge in [0.2, 0.25) is 11.8 Å². The number of cyclic esters (lactones) is 1. The van der Waals surface area contributed by atoms with Crippen LogP contribution in [0.4, 0.5) is 0 Å². The molecule has 0 saturated heterocycles. The fourth-order valence-corrected chi connectivity index (χ4v) is 3.19. The maximum Gasteiger partial charge on any atom is 0.309 e. The van der Waals surface area contributed by atoms with Gasteiger partial charge in [0.1, 0.15) is 6.04 Å². The average molecular weight is 425 g/mol. The number of carbonyl (C=O) groups excluding carboxylic acids is 3. The molecule has 1 aromatic rings. The van der Waals surface area contributed by atoms with E-state index in [-0.39, 0.29) is 49.2 Å². The molecule has 2 amide bonds. The molecule has 0 bridgehead atoms. The molecule has 0 aromatic heterocycles. The van der Waals surface area contributed by atoms with Gasteiger partial charge in [-0.05, 0) is 30.7 Å². The molecule has 2 rings (SSSR count). The van der Waals surface area contributed by atoms with Gasteiger partial charge in [-0.2, -0.15) is 0 Å². The van der Waals surface area contributed by atoms with Gasteiger partial charge in [0.15, 0.2) is 0 Å². The second-order valence-corrected chi connectivity index (χ2v) is 7.62. The molecule has 3 atom stereocenters. The molecule has 0 unspecified atom stereocenters. The topological polar surface area (TPSA) is 84.5 Å². The maximum atomic E-state index is 13.0. The van der Waals surface area contributed by atoms with Crippen molar-refractivity contribution < 1.29 is 19.1 Å². The van der Waals surface area contributed by atoms with E-state index in [0.29, 0.717) is 19.3 Å². The van der Waals surface area contributed by atoms with Crippen LogP contribution < -0.4 is 10.6 Å². The summed E-state index contributed by atoms with van der Waals surface area (Å²) in [5.41, 5.74) is 1.01. The summed E-state index contributed by atoms with van der Waals surface area (Å²) in [5.74, 6) is -0.844. The lowest BCUT2D eigenvalue weighted by Gasteiger charge is -2.24. The molecule has 31 heavy (non-hydrogen) atoms. The summed E-state index contributed by atoms with van der Waals surface area (Å²) in [6.07, 6.45) is 11.1. The molecule has 166 valence electrons. The van der Waals surface area contributed by atoms with Gasteiger partial charge in [0, 0.05) is 6.42 Å². The number of ether oxygens (including phenoxy) is 1. The van der Waals surface area contributed by atoms with Crippen LogP contribution in [-0.2, 0) is 19.1 Å². The normalized spacial score (nSPS) is 25.3. The Morgan fingerprint density at radius 1 is 1.13 bits per heavy atom. The molecule has 0 radical (unpaired) electrons. The molecule has 0 fully saturated rings. The molecule has 0 spiro atoms. The third-order valence-electron chi connectivity index (χ3n) is 5.01. The van der Waals surface area contributed by atoms with Crippen molar-refractivity contribution in [3.8, 4) is 0 Å². The van der Waals surface area contributed by atoms with Gasteiger partial charge < -0.3 is 15.4 Å². The Morgan fingerprint density at radius 2 is 1.90 bits per heavy atom. The number of benzene rings is 1. The quantitative estimate of drug-likeness (QED) is 0.572. The Bertz CT molecular complexity index is 801. The highest BCUT2D eigenvalue weighted by Gasteiger charge is 2.23. The predicted molar refractivity (Wildman–Crippen MR) is 122 cm³/mol. The lowest BCUT2D eigenvalue weighted by Crippen LogP contribution is -2.50. The van der Waals surface area contributed by atoms with Crippen molar-refractivity contribution in [3.05, 3.63) is 66.8 Å². The first-order chi connectivity index (χ1) is 15.0. The molecule has 1 aliphatic heterocycles. The van der Waals surface area contributed by atoms with E-state index in [0.717, 1.165) is 5.56 Å². The average Bonchev–Trinajstić information content (AvgIpc) is 2.76. The first-order valence-corrected chi connectivity index (χ1v) is 10.8. The van der Waals surface area contributed by atoms with Crippen LogP contribution in [0.1, 0.15) is 44.6 Å². The standard InChI is InChI=1S/C25H32N2O4/c1-3-10-22-25(30)27-21(17-16-20-12-5-4-6-13-20)19(2)11-9-15-24(29)31-18-8-7-14-23(28)26-22/h3-6,9,11-13,16-17,19,21-22H,1,7-8,10,14-15,18H2,2H3,(H,26,28)(H,27,30)/b11-9+,17-16+/t19-,21-,22+/m1/s1. The van der Waals surface area contributed by atoms with Gasteiger partial charge in [0.25, 0.3) is 0 Å². The zero-order valence-corrected chi connectivity index (χ0v) is 18.1. The van der Waals surface area contributed by atoms with Gasteiger partial charge in [-0.3, -0.25) is 14.4 Å². The number of carbonyl (C=O) groups is 3. The largest absolute Gasteiger partial charge is 0.465 e. The molecule has 0 aliphatic carbocycles. The van der Waals surface area contributed by atoms with Crippen molar-refractivity contribution in [2.75, 3.05) is 6.61 Å². The maximum absolute atomic E-state index is 13.0. The van der Waals surface area contributed by atoms with E-state index in [4.69, 9.17) is 4.74 Å². The first-order valence-electron chi connectivity index (χ1n) is 10.8. The number of amides is 2. The van der Waals surface area contributed by atoms with Crippen LogP contribution in [0.5, 0.6) is 0 Å². The van der Waals surface area contributed by atoms with Crippen LogP contribution in [0, 0.1) is 5.92 Å². The minimum Gasteiger partial charge on any atom is -0.465 e. The molecule has 6 heteroatoms. The highest BCUT2D eigenvalue weighted by Crippen LogP contribution is 2.12. The van der Waals surface area contributed by atoms with Gasteiger partial charge >= 0.3 is 5.97 Å². The van der Waals surface area contributed by atoms with E-state index < -0.39 is 6.04 Å². The third kappa shape index (κ3) is 9.03. The lowest BCUT2D eigenvalue weighted by molar-refractivity contribution is -0.142. The number of rotatable bonds is 4. The Balaban J connectivity index is 2.23. The second kappa shape index (κ2) is 13.2. The van der Waals surface area contributed by atoms with Crippen molar-refractivity contribution >= 4 is 23.9 Å². The Labute approximate surface area is 184 Å². The van der Waals surface area contributed by atoms with Crippen LogP contribution in [-0.4, -0.2) is 36.5 Å². The molecular formula is C25H32N2O4. The van der Waals surface area contributed by atoms with Crippen LogP contribution in [0.15, 0.2) is 61.2 Å². The van der Waals surface area contributed by atoms with Crippen molar-refractivity contribution in [1.82, 2.24) is 10.6 Å². The van der Waals surface area contributed by atoms with Gasteiger partial charge in [-0.15, -0.1) is 6.58 Å². The minimum atomic E-state index is -0.681. The molecular weight excluding hydrogens is 392 g/mol. The third-order valence-corrected chi connectivity index (χ3v) is 5.01. The van der Waals surface area contributed by atoms with E-state index in [9.17, 15) is 14.4 Å². The Kier molecular flexibility index (Phi) is 10.3. The van der Waals surface area contributed by atoms with Crippen LogP contribution in [0.2, 0.25) is 0 Å². The summed E-state index contributed by atoms with van der Waals surface area (Å²) in [7, 11) is 0. The van der Waals surface area contributed by atoms with Gasteiger partial charge in [0.05, 0.1) is 19.1 Å². The summed E-state index contributed by atoms with van der Waals surface area (Å²) < 4.78 is 5.20.